The zero-order chi connectivity index (χ0) is 13.1. The van der Waals surface area contributed by atoms with E-state index in [0.717, 1.165) is 16.7 Å². The van der Waals surface area contributed by atoms with Crippen molar-refractivity contribution in [3.05, 3.63) is 28.2 Å². The minimum atomic E-state index is -0.697. The Kier molecular flexibility index (Phi) is 4.98. The summed E-state index contributed by atoms with van der Waals surface area (Å²) in [5.41, 5.74) is 1.63. The summed E-state index contributed by atoms with van der Waals surface area (Å²) in [6.07, 6.45) is 0. The van der Waals surface area contributed by atoms with E-state index in [1.54, 1.807) is 0 Å². The number of anilines is 1. The predicted molar refractivity (Wildman–Crippen MR) is 76.5 cm³/mol. The predicted octanol–water partition coefficient (Wildman–Crippen LogP) is 2.38. The molecule has 0 amide bonds. The highest BCUT2D eigenvalue weighted by atomic mass is 79.9. The number of halogens is 1. The molecule has 0 fully saturated rings. The molecule has 0 aliphatic rings. The van der Waals surface area contributed by atoms with Crippen LogP contribution in [0.5, 0.6) is 0 Å². The average molecular weight is 301 g/mol. The first kappa shape index (κ1) is 14.5. The van der Waals surface area contributed by atoms with Crippen LogP contribution in [0.4, 0.5) is 5.69 Å². The van der Waals surface area contributed by atoms with Crippen LogP contribution in [0.25, 0.3) is 0 Å². The minimum Gasteiger partial charge on any atom is -0.389 e. The van der Waals surface area contributed by atoms with Crippen LogP contribution in [-0.2, 0) is 6.54 Å². The van der Waals surface area contributed by atoms with Gasteiger partial charge in [0.2, 0.25) is 0 Å². The highest BCUT2D eigenvalue weighted by Crippen LogP contribution is 2.27. The quantitative estimate of drug-likeness (QED) is 0.876. The molecule has 1 aromatic carbocycles. The summed E-state index contributed by atoms with van der Waals surface area (Å²) in [4.78, 5) is 2.05. The Morgan fingerprint density at radius 3 is 2.53 bits per heavy atom. The molecule has 3 nitrogen and oxygen atoms in total. The maximum Gasteiger partial charge on any atom is 0.0765 e. The molecule has 1 rings (SSSR count). The third-order valence-corrected chi connectivity index (χ3v) is 3.06. The Hall–Kier alpha value is -0.580. The number of benzene rings is 1. The molecule has 96 valence electrons. The molecule has 0 radical (unpaired) electrons. The second-order valence-corrected chi connectivity index (χ2v) is 5.84. The molecule has 17 heavy (non-hydrogen) atoms. The van der Waals surface area contributed by atoms with E-state index in [1.165, 1.54) is 5.56 Å². The van der Waals surface area contributed by atoms with Gasteiger partial charge in [-0.15, -0.1) is 0 Å². The fourth-order valence-electron chi connectivity index (χ4n) is 1.84. The molecule has 0 aliphatic heterocycles. The van der Waals surface area contributed by atoms with Gasteiger partial charge in [-0.25, -0.2) is 0 Å². The third kappa shape index (κ3) is 4.66. The van der Waals surface area contributed by atoms with E-state index in [2.05, 4.69) is 39.4 Å². The van der Waals surface area contributed by atoms with Crippen molar-refractivity contribution >= 4 is 21.6 Å². The van der Waals surface area contributed by atoms with Crippen molar-refractivity contribution in [1.82, 2.24) is 5.32 Å². The summed E-state index contributed by atoms with van der Waals surface area (Å²) >= 11 is 3.57. The van der Waals surface area contributed by atoms with E-state index in [-0.39, 0.29) is 0 Å². The van der Waals surface area contributed by atoms with Crippen LogP contribution in [0.15, 0.2) is 22.7 Å². The van der Waals surface area contributed by atoms with Crippen LogP contribution < -0.4 is 10.2 Å². The van der Waals surface area contributed by atoms with Crippen LogP contribution in [-0.4, -0.2) is 31.3 Å². The van der Waals surface area contributed by atoms with Gasteiger partial charge in [0, 0.05) is 24.6 Å². The molecule has 0 saturated heterocycles. The van der Waals surface area contributed by atoms with Crippen molar-refractivity contribution in [2.45, 2.75) is 26.0 Å². The van der Waals surface area contributed by atoms with Crippen molar-refractivity contribution < 1.29 is 5.11 Å². The number of aliphatic hydroxyl groups is 1. The van der Waals surface area contributed by atoms with Crippen LogP contribution in [0.2, 0.25) is 0 Å². The summed E-state index contributed by atoms with van der Waals surface area (Å²) in [6.45, 7) is 5.07. The number of hydrogen-bond donors (Lipinski definition) is 2. The van der Waals surface area contributed by atoms with Crippen molar-refractivity contribution in [1.29, 1.82) is 0 Å². The molecule has 0 spiro atoms. The zero-order valence-electron chi connectivity index (χ0n) is 10.9. The molecule has 0 aromatic heterocycles. The maximum absolute atomic E-state index is 9.81. The number of hydrogen-bond acceptors (Lipinski definition) is 3. The van der Waals surface area contributed by atoms with E-state index < -0.39 is 5.60 Å². The van der Waals surface area contributed by atoms with Gasteiger partial charge in [0.1, 0.15) is 0 Å². The van der Waals surface area contributed by atoms with Gasteiger partial charge in [0.05, 0.1) is 11.3 Å². The lowest BCUT2D eigenvalue weighted by molar-refractivity contribution is 0.0886. The molecular weight excluding hydrogens is 280 g/mol. The van der Waals surface area contributed by atoms with Crippen LogP contribution in [0, 0.1) is 0 Å². The smallest absolute Gasteiger partial charge is 0.0765 e. The van der Waals surface area contributed by atoms with Gasteiger partial charge in [0.15, 0.2) is 0 Å². The van der Waals surface area contributed by atoms with Crippen LogP contribution >= 0.6 is 15.9 Å². The van der Waals surface area contributed by atoms with E-state index >= 15 is 0 Å². The fourth-order valence-corrected chi connectivity index (χ4v) is 2.57. The summed E-state index contributed by atoms with van der Waals surface area (Å²) in [6, 6.07) is 6.27. The molecule has 0 saturated carbocycles. The monoisotopic (exact) mass is 300 g/mol. The lowest BCUT2D eigenvalue weighted by Gasteiger charge is -2.28. The molecular formula is C13H21BrN2O. The molecule has 1 aromatic rings. The largest absolute Gasteiger partial charge is 0.389 e. The Morgan fingerprint density at radius 2 is 2.06 bits per heavy atom. The molecule has 0 bridgehead atoms. The van der Waals surface area contributed by atoms with Crippen molar-refractivity contribution in [2.24, 2.45) is 0 Å². The Bertz CT molecular complexity index is 374. The fraction of sp³-hybridized carbons (Fsp3) is 0.538. The Balaban J connectivity index is 2.84. The van der Waals surface area contributed by atoms with Gasteiger partial charge in [-0.3, -0.25) is 0 Å². The molecule has 0 atom stereocenters. The SMILES string of the molecule is CNCc1ccc(N(C)CC(C)(C)O)c(Br)c1. The Morgan fingerprint density at radius 1 is 1.41 bits per heavy atom. The number of rotatable bonds is 5. The molecule has 0 unspecified atom stereocenters. The van der Waals surface area contributed by atoms with Crippen molar-refractivity contribution in [2.75, 3.05) is 25.5 Å². The van der Waals surface area contributed by atoms with Crippen LogP contribution in [0.3, 0.4) is 0 Å². The lowest BCUT2D eigenvalue weighted by Crippen LogP contribution is -2.36. The van der Waals surface area contributed by atoms with Gasteiger partial charge < -0.3 is 15.3 Å². The first-order valence-electron chi connectivity index (χ1n) is 5.70. The molecule has 0 aliphatic carbocycles. The Labute approximate surface area is 112 Å². The van der Waals surface area contributed by atoms with Gasteiger partial charge in [-0.1, -0.05) is 6.07 Å². The number of nitrogens with one attached hydrogen (secondary N) is 1. The summed E-state index contributed by atoms with van der Waals surface area (Å²) in [5.74, 6) is 0. The second-order valence-electron chi connectivity index (χ2n) is 4.98. The standard InChI is InChI=1S/C13H21BrN2O/c1-13(2,17)9-16(4)12-6-5-10(8-15-3)7-11(12)14/h5-7,15,17H,8-9H2,1-4H3. The molecule has 4 heteroatoms. The van der Waals surface area contributed by atoms with Gasteiger partial charge in [0.25, 0.3) is 0 Å². The highest BCUT2D eigenvalue weighted by Gasteiger charge is 2.17. The maximum atomic E-state index is 9.81. The van der Waals surface area contributed by atoms with Crippen molar-refractivity contribution in [3.8, 4) is 0 Å². The first-order valence-corrected chi connectivity index (χ1v) is 6.49. The van der Waals surface area contributed by atoms with E-state index in [9.17, 15) is 5.11 Å². The van der Waals surface area contributed by atoms with E-state index in [0.29, 0.717) is 6.54 Å². The molecule has 0 heterocycles. The highest BCUT2D eigenvalue weighted by molar-refractivity contribution is 9.10. The third-order valence-electron chi connectivity index (χ3n) is 2.43. The van der Waals surface area contributed by atoms with Crippen molar-refractivity contribution in [3.63, 3.8) is 0 Å². The zero-order valence-corrected chi connectivity index (χ0v) is 12.5. The van der Waals surface area contributed by atoms with Crippen LogP contribution in [0.1, 0.15) is 19.4 Å². The number of nitrogens with zero attached hydrogens (tertiary/aromatic N) is 1. The van der Waals surface area contributed by atoms with Gasteiger partial charge in [-0.2, -0.15) is 0 Å². The van der Waals surface area contributed by atoms with E-state index in [1.807, 2.05) is 32.8 Å². The normalized spacial score (nSPS) is 11.6. The van der Waals surface area contributed by atoms with Gasteiger partial charge in [-0.05, 0) is 54.5 Å². The minimum absolute atomic E-state index is 0.594. The lowest BCUT2D eigenvalue weighted by atomic mass is 10.1. The number of likely N-dealkylation sites (N-methyl/N-ethyl adjacent to an activating group) is 1. The summed E-state index contributed by atoms with van der Waals surface area (Å²) in [5, 5.41) is 12.9. The first-order chi connectivity index (χ1) is 7.83. The second kappa shape index (κ2) is 5.85. The topological polar surface area (TPSA) is 35.5 Å². The summed E-state index contributed by atoms with van der Waals surface area (Å²) < 4.78 is 1.05. The summed E-state index contributed by atoms with van der Waals surface area (Å²) in [7, 11) is 3.91. The van der Waals surface area contributed by atoms with Gasteiger partial charge >= 0.3 is 0 Å². The molecule has 2 N–H and O–H groups in total. The van der Waals surface area contributed by atoms with E-state index in [4.69, 9.17) is 0 Å². The average Bonchev–Trinajstić information content (AvgIpc) is 2.15.